The van der Waals surface area contributed by atoms with Crippen molar-refractivity contribution in [2.75, 3.05) is 20.1 Å². The van der Waals surface area contributed by atoms with Gasteiger partial charge in [-0.1, -0.05) is 18.0 Å². The van der Waals surface area contributed by atoms with Crippen molar-refractivity contribution in [2.24, 2.45) is 5.92 Å². The monoisotopic (exact) mass is 297 g/mol. The number of aromatic nitrogens is 2. The molecule has 2 heterocycles. The van der Waals surface area contributed by atoms with Crippen LogP contribution in [0, 0.1) is 5.92 Å². The standard InChI is InChI=1S/C15H24ClN3O/c1-18-8-7-12(10-18)11-19-15(16)14(9-17-19)20-13-5-3-2-4-6-13/h9,12-13H,2-8,10-11H2,1H3. The molecule has 1 aliphatic carbocycles. The van der Waals surface area contributed by atoms with Crippen LogP contribution >= 0.6 is 11.6 Å². The lowest BCUT2D eigenvalue weighted by Gasteiger charge is -2.22. The average molecular weight is 298 g/mol. The van der Waals surface area contributed by atoms with Gasteiger partial charge in [0.15, 0.2) is 10.9 Å². The van der Waals surface area contributed by atoms with Crippen LogP contribution in [0.1, 0.15) is 38.5 Å². The third kappa shape index (κ3) is 3.29. The van der Waals surface area contributed by atoms with E-state index in [0.29, 0.717) is 17.2 Å². The van der Waals surface area contributed by atoms with Crippen LogP contribution in [0.4, 0.5) is 0 Å². The Bertz CT molecular complexity index is 418. The van der Waals surface area contributed by atoms with E-state index in [1.165, 1.54) is 32.2 Å². The highest BCUT2D eigenvalue weighted by Crippen LogP contribution is 2.30. The highest BCUT2D eigenvalue weighted by molar-refractivity contribution is 6.31. The van der Waals surface area contributed by atoms with Gasteiger partial charge in [-0.2, -0.15) is 5.10 Å². The lowest BCUT2D eigenvalue weighted by molar-refractivity contribution is 0.155. The Labute approximate surface area is 126 Å². The zero-order chi connectivity index (χ0) is 13.9. The number of nitrogens with zero attached hydrogens (tertiary/aromatic N) is 3. The van der Waals surface area contributed by atoms with Gasteiger partial charge in [-0.05, 0) is 51.6 Å². The van der Waals surface area contributed by atoms with Crippen LogP contribution in [-0.2, 0) is 6.54 Å². The predicted molar refractivity (Wildman–Crippen MR) is 80.3 cm³/mol. The molecule has 1 atom stereocenters. The first-order valence-electron chi connectivity index (χ1n) is 7.79. The molecule has 2 aliphatic rings. The number of hydrogen-bond acceptors (Lipinski definition) is 3. The molecule has 1 saturated heterocycles. The summed E-state index contributed by atoms with van der Waals surface area (Å²) in [5.41, 5.74) is 0. The van der Waals surface area contributed by atoms with E-state index in [1.54, 1.807) is 6.20 Å². The summed E-state index contributed by atoms with van der Waals surface area (Å²) in [5, 5.41) is 5.08. The molecule has 0 N–H and O–H groups in total. The Kier molecular flexibility index (Phi) is 4.51. The summed E-state index contributed by atoms with van der Waals surface area (Å²) < 4.78 is 7.93. The molecular formula is C15H24ClN3O. The molecule has 112 valence electrons. The van der Waals surface area contributed by atoms with E-state index in [9.17, 15) is 0 Å². The summed E-state index contributed by atoms with van der Waals surface area (Å²) in [6.45, 7) is 3.21. The Morgan fingerprint density at radius 2 is 2.10 bits per heavy atom. The zero-order valence-electron chi connectivity index (χ0n) is 12.2. The fourth-order valence-electron chi connectivity index (χ4n) is 3.34. The van der Waals surface area contributed by atoms with Crippen LogP contribution in [0.2, 0.25) is 5.15 Å². The Balaban J connectivity index is 1.59. The van der Waals surface area contributed by atoms with Gasteiger partial charge < -0.3 is 9.64 Å². The fourth-order valence-corrected chi connectivity index (χ4v) is 3.55. The summed E-state index contributed by atoms with van der Waals surface area (Å²) >= 11 is 6.42. The first-order chi connectivity index (χ1) is 9.72. The van der Waals surface area contributed by atoms with Crippen LogP contribution < -0.4 is 4.74 Å². The van der Waals surface area contributed by atoms with Crippen molar-refractivity contribution >= 4 is 11.6 Å². The molecule has 0 radical (unpaired) electrons. The molecule has 1 aromatic heterocycles. The van der Waals surface area contributed by atoms with Crippen molar-refractivity contribution in [1.29, 1.82) is 0 Å². The smallest absolute Gasteiger partial charge is 0.176 e. The van der Waals surface area contributed by atoms with E-state index >= 15 is 0 Å². The summed E-state index contributed by atoms with van der Waals surface area (Å²) in [4.78, 5) is 2.36. The quantitative estimate of drug-likeness (QED) is 0.855. The molecule has 20 heavy (non-hydrogen) atoms. The Morgan fingerprint density at radius 3 is 2.80 bits per heavy atom. The lowest BCUT2D eigenvalue weighted by Crippen LogP contribution is -2.20. The van der Waals surface area contributed by atoms with Gasteiger partial charge in [0.1, 0.15) is 0 Å². The second-order valence-corrected chi connectivity index (χ2v) is 6.63. The molecule has 0 bridgehead atoms. The SMILES string of the molecule is CN1CCC(Cn2ncc(OC3CCCCC3)c2Cl)C1. The van der Waals surface area contributed by atoms with Crippen molar-refractivity contribution in [3.05, 3.63) is 11.3 Å². The molecule has 1 unspecified atom stereocenters. The van der Waals surface area contributed by atoms with Gasteiger partial charge in [-0.25, -0.2) is 0 Å². The van der Waals surface area contributed by atoms with Crippen molar-refractivity contribution < 1.29 is 4.74 Å². The average Bonchev–Trinajstić information content (AvgIpc) is 3.01. The van der Waals surface area contributed by atoms with Gasteiger partial charge in [-0.15, -0.1) is 0 Å². The van der Waals surface area contributed by atoms with Gasteiger partial charge >= 0.3 is 0 Å². The molecule has 1 aliphatic heterocycles. The van der Waals surface area contributed by atoms with E-state index < -0.39 is 0 Å². The Hall–Kier alpha value is -0.740. The molecule has 2 fully saturated rings. The highest BCUT2D eigenvalue weighted by Gasteiger charge is 2.23. The van der Waals surface area contributed by atoms with Gasteiger partial charge in [-0.3, -0.25) is 4.68 Å². The maximum atomic E-state index is 6.42. The van der Waals surface area contributed by atoms with Crippen molar-refractivity contribution in [2.45, 2.75) is 51.2 Å². The molecule has 1 aromatic rings. The van der Waals surface area contributed by atoms with Crippen LogP contribution in [0.3, 0.4) is 0 Å². The Morgan fingerprint density at radius 1 is 1.30 bits per heavy atom. The zero-order valence-corrected chi connectivity index (χ0v) is 13.0. The van der Waals surface area contributed by atoms with E-state index in [2.05, 4.69) is 17.0 Å². The van der Waals surface area contributed by atoms with E-state index in [-0.39, 0.29) is 0 Å². The number of ether oxygens (including phenoxy) is 1. The van der Waals surface area contributed by atoms with Crippen LogP contribution in [0.5, 0.6) is 5.75 Å². The topological polar surface area (TPSA) is 30.3 Å². The van der Waals surface area contributed by atoms with Crippen molar-refractivity contribution in [1.82, 2.24) is 14.7 Å². The first-order valence-corrected chi connectivity index (χ1v) is 8.16. The third-order valence-corrected chi connectivity index (χ3v) is 4.89. The molecule has 3 rings (SSSR count). The van der Waals surface area contributed by atoms with E-state index in [0.717, 1.165) is 31.7 Å². The number of hydrogen-bond donors (Lipinski definition) is 0. The maximum absolute atomic E-state index is 6.42. The number of likely N-dealkylation sites (tertiary alicyclic amines) is 1. The van der Waals surface area contributed by atoms with Crippen molar-refractivity contribution in [3.8, 4) is 5.75 Å². The maximum Gasteiger partial charge on any atom is 0.176 e. The molecule has 4 nitrogen and oxygen atoms in total. The molecule has 1 saturated carbocycles. The molecule has 5 heteroatoms. The summed E-state index contributed by atoms with van der Waals surface area (Å²) in [6, 6.07) is 0. The highest BCUT2D eigenvalue weighted by atomic mass is 35.5. The second-order valence-electron chi connectivity index (χ2n) is 6.28. The normalized spacial score (nSPS) is 25.2. The largest absolute Gasteiger partial charge is 0.486 e. The van der Waals surface area contributed by atoms with Gasteiger partial charge in [0.2, 0.25) is 0 Å². The second kappa shape index (κ2) is 6.35. The predicted octanol–water partition coefficient (Wildman–Crippen LogP) is 3.20. The minimum atomic E-state index is 0.330. The lowest BCUT2D eigenvalue weighted by atomic mass is 9.98. The van der Waals surface area contributed by atoms with E-state index in [1.807, 2.05) is 4.68 Å². The van der Waals surface area contributed by atoms with Gasteiger partial charge in [0.25, 0.3) is 0 Å². The number of halogens is 1. The first kappa shape index (κ1) is 14.2. The molecule has 0 amide bonds. The van der Waals surface area contributed by atoms with Crippen molar-refractivity contribution in [3.63, 3.8) is 0 Å². The van der Waals surface area contributed by atoms with Crippen LogP contribution in [-0.4, -0.2) is 40.9 Å². The van der Waals surface area contributed by atoms with Crippen LogP contribution in [0.25, 0.3) is 0 Å². The minimum Gasteiger partial charge on any atom is -0.486 e. The summed E-state index contributed by atoms with van der Waals surface area (Å²) in [5.74, 6) is 1.42. The van der Waals surface area contributed by atoms with Gasteiger partial charge in [0, 0.05) is 13.1 Å². The number of rotatable bonds is 4. The van der Waals surface area contributed by atoms with Gasteiger partial charge in [0.05, 0.1) is 12.3 Å². The summed E-state index contributed by atoms with van der Waals surface area (Å²) in [6.07, 6.45) is 9.51. The van der Waals surface area contributed by atoms with E-state index in [4.69, 9.17) is 16.3 Å². The minimum absolute atomic E-state index is 0.330. The third-order valence-electron chi connectivity index (χ3n) is 4.51. The summed E-state index contributed by atoms with van der Waals surface area (Å²) in [7, 11) is 2.17. The molecular weight excluding hydrogens is 274 g/mol. The van der Waals surface area contributed by atoms with Crippen LogP contribution in [0.15, 0.2) is 6.20 Å². The fraction of sp³-hybridized carbons (Fsp3) is 0.800. The molecule has 0 aromatic carbocycles. The molecule has 0 spiro atoms.